The Hall–Kier alpha value is -2.93. The second-order valence-electron chi connectivity index (χ2n) is 5.53. The number of methoxy groups -OCH3 is 1. The van der Waals surface area contributed by atoms with Crippen molar-refractivity contribution in [3.8, 4) is 17.0 Å². The van der Waals surface area contributed by atoms with Gasteiger partial charge in [-0.1, -0.05) is 18.2 Å². The predicted molar refractivity (Wildman–Crippen MR) is 104 cm³/mol. The Morgan fingerprint density at radius 1 is 1.15 bits per heavy atom. The molecule has 7 heteroatoms. The minimum atomic E-state index is -0.284. The predicted octanol–water partition coefficient (Wildman–Crippen LogP) is 3.47. The number of carbonyl (C=O) groups is 1. The van der Waals surface area contributed by atoms with Crippen LogP contribution in [0.15, 0.2) is 63.9 Å². The maximum Gasteiger partial charge on any atom is 0.266 e. The van der Waals surface area contributed by atoms with Gasteiger partial charge in [-0.15, -0.1) is 0 Å². The van der Waals surface area contributed by atoms with Crippen molar-refractivity contribution in [2.75, 3.05) is 12.4 Å². The molecule has 0 atom stereocenters. The lowest BCUT2D eigenvalue weighted by Gasteiger charge is -2.12. The zero-order valence-electron chi connectivity index (χ0n) is 14.2. The summed E-state index contributed by atoms with van der Waals surface area (Å²) in [6.07, 6.45) is 0. The molecule has 1 amide bonds. The molecule has 0 saturated carbocycles. The van der Waals surface area contributed by atoms with Crippen molar-refractivity contribution in [1.82, 2.24) is 9.78 Å². The second kappa shape index (κ2) is 7.53. The van der Waals surface area contributed by atoms with Gasteiger partial charge in [0.1, 0.15) is 5.75 Å². The zero-order valence-corrected chi connectivity index (χ0v) is 15.8. The van der Waals surface area contributed by atoms with E-state index in [4.69, 9.17) is 4.74 Å². The number of ether oxygens (including phenoxy) is 1. The van der Waals surface area contributed by atoms with E-state index in [1.165, 1.54) is 10.7 Å². The van der Waals surface area contributed by atoms with Gasteiger partial charge in [-0.2, -0.15) is 5.10 Å². The molecular formula is C19H16BrN3O3. The number of nitrogens with one attached hydrogen (secondary N) is 1. The van der Waals surface area contributed by atoms with Crippen molar-refractivity contribution < 1.29 is 9.53 Å². The molecule has 132 valence electrons. The fraction of sp³-hybridized carbons (Fsp3) is 0.105. The van der Waals surface area contributed by atoms with Crippen LogP contribution in [0.25, 0.3) is 11.3 Å². The van der Waals surface area contributed by atoms with E-state index in [0.717, 1.165) is 5.56 Å². The van der Waals surface area contributed by atoms with Gasteiger partial charge in [0.25, 0.3) is 11.5 Å². The van der Waals surface area contributed by atoms with Crippen LogP contribution >= 0.6 is 15.9 Å². The number of anilines is 1. The van der Waals surface area contributed by atoms with Crippen LogP contribution in [-0.4, -0.2) is 22.8 Å². The largest absolute Gasteiger partial charge is 0.497 e. The molecular weight excluding hydrogens is 398 g/mol. The lowest BCUT2D eigenvalue weighted by molar-refractivity contribution is 0.102. The van der Waals surface area contributed by atoms with Crippen LogP contribution in [0.4, 0.5) is 5.69 Å². The number of hydrogen-bond acceptors (Lipinski definition) is 4. The van der Waals surface area contributed by atoms with Gasteiger partial charge < -0.3 is 10.1 Å². The normalized spacial score (nSPS) is 10.4. The van der Waals surface area contributed by atoms with Crippen LogP contribution < -0.4 is 15.6 Å². The fourth-order valence-electron chi connectivity index (χ4n) is 2.46. The average molecular weight is 414 g/mol. The molecule has 0 aliphatic rings. The molecule has 3 aromatic rings. The maximum atomic E-state index is 12.7. The summed E-state index contributed by atoms with van der Waals surface area (Å²) < 4.78 is 7.10. The first-order valence-electron chi connectivity index (χ1n) is 7.78. The molecule has 0 aliphatic carbocycles. The SMILES string of the molecule is COc1ccc(Br)c(C(=O)Nc2ccccc2-c2ccc(=O)n(C)n2)c1. The topological polar surface area (TPSA) is 73.2 Å². The van der Waals surface area contributed by atoms with Crippen LogP contribution in [0, 0.1) is 0 Å². The molecule has 0 saturated heterocycles. The molecule has 0 aliphatic heterocycles. The van der Waals surface area contributed by atoms with E-state index in [9.17, 15) is 9.59 Å². The highest BCUT2D eigenvalue weighted by Gasteiger charge is 2.15. The quantitative estimate of drug-likeness (QED) is 0.710. The van der Waals surface area contributed by atoms with Gasteiger partial charge in [-0.05, 0) is 46.3 Å². The van der Waals surface area contributed by atoms with Crippen molar-refractivity contribution in [2.24, 2.45) is 7.05 Å². The van der Waals surface area contributed by atoms with Gasteiger partial charge >= 0.3 is 0 Å². The molecule has 6 nitrogen and oxygen atoms in total. The van der Waals surface area contributed by atoms with Crippen molar-refractivity contribution in [3.05, 3.63) is 75.0 Å². The first-order valence-corrected chi connectivity index (χ1v) is 8.57. The number of halogens is 1. The van der Waals surface area contributed by atoms with Gasteiger partial charge in [0, 0.05) is 23.2 Å². The highest BCUT2D eigenvalue weighted by atomic mass is 79.9. The van der Waals surface area contributed by atoms with E-state index in [1.807, 2.05) is 18.2 Å². The Labute approximate surface area is 158 Å². The summed E-state index contributed by atoms with van der Waals surface area (Å²) in [6, 6.07) is 15.6. The van der Waals surface area contributed by atoms with Gasteiger partial charge in [0.2, 0.25) is 0 Å². The Morgan fingerprint density at radius 3 is 2.65 bits per heavy atom. The van der Waals surface area contributed by atoms with Crippen LogP contribution in [0.5, 0.6) is 5.75 Å². The van der Waals surface area contributed by atoms with Crippen LogP contribution in [0.3, 0.4) is 0 Å². The second-order valence-corrected chi connectivity index (χ2v) is 6.38. The molecule has 3 rings (SSSR count). The minimum absolute atomic E-state index is 0.199. The first-order chi connectivity index (χ1) is 12.5. The van der Waals surface area contributed by atoms with E-state index in [-0.39, 0.29) is 11.5 Å². The third-order valence-corrected chi connectivity index (χ3v) is 4.52. The van der Waals surface area contributed by atoms with Gasteiger partial charge in [0.15, 0.2) is 0 Å². The van der Waals surface area contributed by atoms with E-state index in [0.29, 0.717) is 27.2 Å². The first kappa shape index (κ1) is 17.9. The highest BCUT2D eigenvalue weighted by Crippen LogP contribution is 2.28. The Balaban J connectivity index is 1.97. The molecule has 0 unspecified atom stereocenters. The van der Waals surface area contributed by atoms with Gasteiger partial charge in [-0.3, -0.25) is 9.59 Å². The van der Waals surface area contributed by atoms with Crippen LogP contribution in [-0.2, 0) is 7.05 Å². The number of amides is 1. The number of nitrogens with zero attached hydrogens (tertiary/aromatic N) is 2. The van der Waals surface area contributed by atoms with Crippen molar-refractivity contribution in [2.45, 2.75) is 0 Å². The minimum Gasteiger partial charge on any atom is -0.497 e. The zero-order chi connectivity index (χ0) is 18.7. The molecule has 0 radical (unpaired) electrons. The number of aryl methyl sites for hydroxylation is 1. The van der Waals surface area contributed by atoms with Gasteiger partial charge in [-0.25, -0.2) is 4.68 Å². The van der Waals surface area contributed by atoms with E-state index < -0.39 is 0 Å². The van der Waals surface area contributed by atoms with Gasteiger partial charge in [0.05, 0.1) is 24.1 Å². The summed E-state index contributed by atoms with van der Waals surface area (Å²) in [6.45, 7) is 0. The number of aromatic nitrogens is 2. The molecule has 0 bridgehead atoms. The number of rotatable bonds is 4. The summed E-state index contributed by atoms with van der Waals surface area (Å²) in [5.74, 6) is 0.305. The third kappa shape index (κ3) is 3.67. The summed E-state index contributed by atoms with van der Waals surface area (Å²) >= 11 is 3.39. The summed E-state index contributed by atoms with van der Waals surface area (Å²) in [7, 11) is 3.13. The molecule has 1 heterocycles. The summed E-state index contributed by atoms with van der Waals surface area (Å²) in [4.78, 5) is 24.3. The van der Waals surface area contributed by atoms with Crippen molar-refractivity contribution in [3.63, 3.8) is 0 Å². The molecule has 0 spiro atoms. The summed E-state index contributed by atoms with van der Waals surface area (Å²) in [5, 5.41) is 7.15. The number of para-hydroxylation sites is 1. The standard InChI is InChI=1S/C19H16BrN3O3/c1-23-18(24)10-9-17(22-23)13-5-3-4-6-16(13)21-19(25)14-11-12(26-2)7-8-15(14)20/h3-11H,1-2H3,(H,21,25). The lowest BCUT2D eigenvalue weighted by atomic mass is 10.1. The number of carbonyl (C=O) groups excluding carboxylic acids is 1. The number of hydrogen-bond donors (Lipinski definition) is 1. The lowest BCUT2D eigenvalue weighted by Crippen LogP contribution is -2.18. The summed E-state index contributed by atoms with van der Waals surface area (Å²) in [5.41, 5.74) is 2.16. The fourth-order valence-corrected chi connectivity index (χ4v) is 2.88. The van der Waals surface area contributed by atoms with E-state index >= 15 is 0 Å². The smallest absolute Gasteiger partial charge is 0.266 e. The van der Waals surface area contributed by atoms with Crippen LogP contribution in [0.2, 0.25) is 0 Å². The number of benzene rings is 2. The maximum absolute atomic E-state index is 12.7. The molecule has 2 aromatic carbocycles. The highest BCUT2D eigenvalue weighted by molar-refractivity contribution is 9.10. The van der Waals surface area contributed by atoms with E-state index in [2.05, 4.69) is 26.3 Å². The van der Waals surface area contributed by atoms with Crippen molar-refractivity contribution in [1.29, 1.82) is 0 Å². The molecule has 1 aromatic heterocycles. The van der Waals surface area contributed by atoms with E-state index in [1.54, 1.807) is 44.5 Å². The van der Waals surface area contributed by atoms with Crippen LogP contribution in [0.1, 0.15) is 10.4 Å². The van der Waals surface area contributed by atoms with Crippen molar-refractivity contribution >= 4 is 27.5 Å². The Morgan fingerprint density at radius 2 is 1.92 bits per heavy atom. The Kier molecular flexibility index (Phi) is 5.18. The molecule has 1 N–H and O–H groups in total. The average Bonchev–Trinajstić information content (AvgIpc) is 2.65. The Bertz CT molecular complexity index is 1030. The molecule has 0 fully saturated rings. The third-order valence-electron chi connectivity index (χ3n) is 3.83. The monoisotopic (exact) mass is 413 g/mol. The molecule has 26 heavy (non-hydrogen) atoms.